The van der Waals surface area contributed by atoms with E-state index in [2.05, 4.69) is 10.1 Å². The van der Waals surface area contributed by atoms with Gasteiger partial charge in [-0.3, -0.25) is 14.7 Å². The molecule has 0 atom stereocenters. The van der Waals surface area contributed by atoms with Crippen molar-refractivity contribution in [2.24, 2.45) is 0 Å². The highest BCUT2D eigenvalue weighted by Gasteiger charge is 2.19. The highest BCUT2D eigenvalue weighted by molar-refractivity contribution is 5.78. The molecule has 1 amide bonds. The second-order valence-corrected chi connectivity index (χ2v) is 7.45. The molecule has 164 valence electrons. The molecule has 0 unspecified atom stereocenters. The number of aromatic amines is 1. The summed E-state index contributed by atoms with van der Waals surface area (Å²) in [5, 5.41) is 3.09. The zero-order valence-electron chi connectivity index (χ0n) is 17.9. The number of aromatic nitrogens is 3. The van der Waals surface area contributed by atoms with E-state index in [-0.39, 0.29) is 11.5 Å². The maximum Gasteiger partial charge on any atom is 0.272 e. The van der Waals surface area contributed by atoms with Gasteiger partial charge in [-0.2, -0.15) is 0 Å². The predicted molar refractivity (Wildman–Crippen MR) is 115 cm³/mol. The van der Waals surface area contributed by atoms with Gasteiger partial charge in [-0.15, -0.1) is 0 Å². The molecule has 9 nitrogen and oxygen atoms in total. The summed E-state index contributed by atoms with van der Waals surface area (Å²) < 4.78 is 17.6. The first-order valence-corrected chi connectivity index (χ1v) is 10.2. The van der Waals surface area contributed by atoms with Crippen molar-refractivity contribution in [3.05, 3.63) is 40.3 Å². The molecular formula is C22H26N4O5. The average molecular weight is 426 g/mol. The summed E-state index contributed by atoms with van der Waals surface area (Å²) in [6, 6.07) is 6.97. The Kier molecular flexibility index (Phi) is 5.83. The van der Waals surface area contributed by atoms with Crippen molar-refractivity contribution in [2.75, 3.05) is 34.4 Å². The van der Waals surface area contributed by atoms with Gasteiger partial charge in [0.15, 0.2) is 17.1 Å². The van der Waals surface area contributed by atoms with Gasteiger partial charge in [0, 0.05) is 42.9 Å². The van der Waals surface area contributed by atoms with Crippen molar-refractivity contribution in [1.29, 1.82) is 0 Å². The number of ether oxygens (including phenoxy) is 3. The molecule has 1 saturated heterocycles. The van der Waals surface area contributed by atoms with Gasteiger partial charge in [-0.05, 0) is 31.4 Å². The molecule has 1 N–H and O–H groups in total. The topological polar surface area (TPSA) is 98.2 Å². The van der Waals surface area contributed by atoms with Gasteiger partial charge in [0.1, 0.15) is 0 Å². The normalized spacial score (nSPS) is 13.8. The van der Waals surface area contributed by atoms with E-state index in [9.17, 15) is 9.59 Å². The van der Waals surface area contributed by atoms with Crippen molar-refractivity contribution in [3.8, 4) is 28.5 Å². The largest absolute Gasteiger partial charge is 0.493 e. The SMILES string of the molecule is COc1cc(-c2cc3nc(CCCN4CCCC4=O)cc(=O)n3[nH]2)cc(OC)c1OC. The third-order valence-corrected chi connectivity index (χ3v) is 5.51. The zero-order valence-corrected chi connectivity index (χ0v) is 17.9. The van der Waals surface area contributed by atoms with Crippen LogP contribution in [0.2, 0.25) is 0 Å². The van der Waals surface area contributed by atoms with Gasteiger partial charge in [-0.25, -0.2) is 9.50 Å². The van der Waals surface area contributed by atoms with Crippen molar-refractivity contribution < 1.29 is 19.0 Å². The van der Waals surface area contributed by atoms with Crippen LogP contribution in [-0.4, -0.2) is 59.8 Å². The van der Waals surface area contributed by atoms with Crippen LogP contribution >= 0.6 is 0 Å². The van der Waals surface area contributed by atoms with Crippen LogP contribution in [0.15, 0.2) is 29.1 Å². The molecule has 3 heterocycles. The molecule has 0 radical (unpaired) electrons. The molecule has 31 heavy (non-hydrogen) atoms. The summed E-state index contributed by atoms with van der Waals surface area (Å²) in [4.78, 5) is 30.9. The first-order chi connectivity index (χ1) is 15.0. The van der Waals surface area contributed by atoms with E-state index in [0.717, 1.165) is 24.9 Å². The maximum absolute atomic E-state index is 12.6. The molecule has 4 rings (SSSR count). The van der Waals surface area contributed by atoms with Gasteiger partial charge in [0.25, 0.3) is 5.56 Å². The van der Waals surface area contributed by atoms with E-state index >= 15 is 0 Å². The Morgan fingerprint density at radius 3 is 2.39 bits per heavy atom. The Morgan fingerprint density at radius 2 is 1.77 bits per heavy atom. The zero-order chi connectivity index (χ0) is 22.0. The van der Waals surface area contributed by atoms with E-state index < -0.39 is 0 Å². The number of nitrogens with one attached hydrogen (secondary N) is 1. The number of methoxy groups -OCH3 is 3. The van der Waals surface area contributed by atoms with Crippen molar-refractivity contribution in [2.45, 2.75) is 25.7 Å². The molecule has 0 spiro atoms. The second kappa shape index (κ2) is 8.71. The number of hydrogen-bond donors (Lipinski definition) is 1. The van der Waals surface area contributed by atoms with E-state index in [1.54, 1.807) is 21.3 Å². The lowest BCUT2D eigenvalue weighted by Gasteiger charge is -2.14. The Morgan fingerprint density at radius 1 is 1.03 bits per heavy atom. The molecule has 1 aromatic carbocycles. The van der Waals surface area contributed by atoms with Crippen LogP contribution in [0.1, 0.15) is 25.0 Å². The molecule has 1 aliphatic heterocycles. The van der Waals surface area contributed by atoms with Crippen LogP contribution in [0.3, 0.4) is 0 Å². The molecule has 0 aliphatic carbocycles. The number of aryl methyl sites for hydroxylation is 1. The fourth-order valence-corrected chi connectivity index (χ4v) is 3.94. The maximum atomic E-state index is 12.6. The summed E-state index contributed by atoms with van der Waals surface area (Å²) in [6.07, 6.45) is 2.98. The predicted octanol–water partition coefficient (Wildman–Crippen LogP) is 2.27. The van der Waals surface area contributed by atoms with Crippen LogP contribution in [0.25, 0.3) is 16.9 Å². The van der Waals surface area contributed by atoms with E-state index in [1.807, 2.05) is 23.1 Å². The number of carbonyl (C=O) groups is 1. The Hall–Kier alpha value is -3.49. The van der Waals surface area contributed by atoms with Crippen LogP contribution < -0.4 is 19.8 Å². The standard InChI is InChI=1S/C22H26N4O5/c1-29-17-10-14(11-18(30-2)22(17)31-3)16-13-19-23-15(12-21(28)26(19)24-16)6-4-8-25-9-5-7-20(25)27/h10-13,24H,4-9H2,1-3H3. The highest BCUT2D eigenvalue weighted by atomic mass is 16.5. The van der Waals surface area contributed by atoms with Crippen molar-refractivity contribution in [1.82, 2.24) is 19.5 Å². The number of amides is 1. The highest BCUT2D eigenvalue weighted by Crippen LogP contribution is 2.40. The molecule has 2 aromatic heterocycles. The summed E-state index contributed by atoms with van der Waals surface area (Å²) in [6.45, 7) is 1.52. The quantitative estimate of drug-likeness (QED) is 0.593. The second-order valence-electron chi connectivity index (χ2n) is 7.45. The van der Waals surface area contributed by atoms with Gasteiger partial charge in [0.2, 0.25) is 11.7 Å². The molecule has 0 saturated carbocycles. The monoisotopic (exact) mass is 426 g/mol. The lowest BCUT2D eigenvalue weighted by molar-refractivity contribution is -0.127. The minimum Gasteiger partial charge on any atom is -0.493 e. The number of benzene rings is 1. The third kappa shape index (κ3) is 4.08. The Labute approximate surface area is 179 Å². The number of H-pyrrole nitrogens is 1. The molecule has 0 bridgehead atoms. The Balaban J connectivity index is 1.60. The lowest BCUT2D eigenvalue weighted by atomic mass is 10.1. The summed E-state index contributed by atoms with van der Waals surface area (Å²) in [7, 11) is 4.66. The first-order valence-electron chi connectivity index (χ1n) is 10.2. The van der Waals surface area contributed by atoms with Gasteiger partial charge in [0.05, 0.1) is 27.0 Å². The van der Waals surface area contributed by atoms with Crippen LogP contribution in [0.4, 0.5) is 0 Å². The summed E-state index contributed by atoms with van der Waals surface area (Å²) in [5.74, 6) is 1.75. The third-order valence-electron chi connectivity index (χ3n) is 5.51. The van der Waals surface area contributed by atoms with Crippen LogP contribution in [-0.2, 0) is 11.2 Å². The number of likely N-dealkylation sites (tertiary alicyclic amines) is 1. The number of nitrogens with zero attached hydrogens (tertiary/aromatic N) is 3. The summed E-state index contributed by atoms with van der Waals surface area (Å²) in [5.41, 5.74) is 2.53. The minimum absolute atomic E-state index is 0.184. The lowest BCUT2D eigenvalue weighted by Crippen LogP contribution is -2.26. The molecule has 3 aromatic rings. The van der Waals surface area contributed by atoms with E-state index in [1.165, 1.54) is 10.6 Å². The Bertz CT molecular complexity index is 1140. The fraction of sp³-hybridized carbons (Fsp3) is 0.409. The van der Waals surface area contributed by atoms with Gasteiger partial charge >= 0.3 is 0 Å². The smallest absolute Gasteiger partial charge is 0.272 e. The number of carbonyl (C=O) groups excluding carboxylic acids is 1. The molecule has 1 fully saturated rings. The minimum atomic E-state index is -0.184. The molecular weight excluding hydrogens is 400 g/mol. The van der Waals surface area contributed by atoms with Crippen LogP contribution in [0.5, 0.6) is 17.2 Å². The van der Waals surface area contributed by atoms with Crippen molar-refractivity contribution >= 4 is 11.6 Å². The van der Waals surface area contributed by atoms with E-state index in [0.29, 0.717) is 53.7 Å². The fourth-order valence-electron chi connectivity index (χ4n) is 3.94. The van der Waals surface area contributed by atoms with Crippen molar-refractivity contribution in [3.63, 3.8) is 0 Å². The van der Waals surface area contributed by atoms with E-state index in [4.69, 9.17) is 14.2 Å². The van der Waals surface area contributed by atoms with Crippen LogP contribution in [0, 0.1) is 0 Å². The van der Waals surface area contributed by atoms with Gasteiger partial charge < -0.3 is 19.1 Å². The summed E-state index contributed by atoms with van der Waals surface area (Å²) >= 11 is 0. The number of hydrogen-bond acceptors (Lipinski definition) is 6. The molecule has 9 heteroatoms. The van der Waals surface area contributed by atoms with Gasteiger partial charge in [-0.1, -0.05) is 0 Å². The number of fused-ring (bicyclic) bond motifs is 1. The number of rotatable bonds is 8. The first kappa shape index (κ1) is 20.8. The molecule has 1 aliphatic rings. The average Bonchev–Trinajstić information content (AvgIpc) is 3.39.